The van der Waals surface area contributed by atoms with E-state index < -0.39 is 0 Å². The third-order valence-electron chi connectivity index (χ3n) is 19.4. The highest BCUT2D eigenvalue weighted by Gasteiger charge is 2.18. The Morgan fingerprint density at radius 3 is 0.667 bits per heavy atom. The molecule has 14 nitrogen and oxygen atoms in total. The molecule has 0 saturated carbocycles. The van der Waals surface area contributed by atoms with Crippen molar-refractivity contribution in [3.05, 3.63) is 0 Å². The SMILES string of the molecule is C.C.C.C.C.C.CC1CCCCO1.CC1CCCO1.CC1CCCOC1.CC1CCO1.CC1CCOC1.CC1CCOCC1.CC1COC1.CCC1CCCCO1.CCC1CCCO1.CCC1CCCOC1.CCC1CCO1.CCC1CCOC1.CCC1CCOCC1.CCC1COC1. The molecule has 0 N–H and O–H groups in total. The Kier molecular flexibility index (Phi) is 88.4. The maximum absolute atomic E-state index is 5.43. The van der Waals surface area contributed by atoms with E-state index in [1.807, 2.05) is 0 Å². The molecule has 14 aliphatic heterocycles. The molecule has 606 valence electrons. The van der Waals surface area contributed by atoms with Gasteiger partial charge in [0.1, 0.15) is 0 Å². The molecular weight excluding hydrogens is 1240 g/mol. The van der Waals surface area contributed by atoms with Crippen molar-refractivity contribution < 1.29 is 66.3 Å². The molecule has 0 spiro atoms. The van der Waals surface area contributed by atoms with E-state index in [4.69, 9.17) is 66.3 Å². The summed E-state index contributed by atoms with van der Waals surface area (Å²) in [5, 5.41) is 0. The summed E-state index contributed by atoms with van der Waals surface area (Å²) in [6.07, 6.45) is 40.7. The quantitative estimate of drug-likeness (QED) is 0.240. The van der Waals surface area contributed by atoms with Crippen LogP contribution in [0.3, 0.4) is 0 Å². The fourth-order valence-corrected chi connectivity index (χ4v) is 11.1. The van der Waals surface area contributed by atoms with Gasteiger partial charge in [-0.1, -0.05) is 140 Å². The van der Waals surface area contributed by atoms with Gasteiger partial charge in [0.2, 0.25) is 0 Å². The summed E-state index contributed by atoms with van der Waals surface area (Å²) >= 11 is 0. The van der Waals surface area contributed by atoms with Crippen molar-refractivity contribution in [2.24, 2.45) is 47.3 Å². The summed E-state index contributed by atoms with van der Waals surface area (Å²) in [4.78, 5) is 0. The molecule has 99 heavy (non-hydrogen) atoms. The minimum absolute atomic E-state index is 0. The van der Waals surface area contributed by atoms with Gasteiger partial charge >= 0.3 is 0 Å². The molecule has 14 rings (SSSR count). The lowest BCUT2D eigenvalue weighted by Gasteiger charge is -2.24. The van der Waals surface area contributed by atoms with Gasteiger partial charge in [0.25, 0.3) is 0 Å². The largest absolute Gasteiger partial charge is 0.381 e. The van der Waals surface area contributed by atoms with Crippen LogP contribution in [0.5, 0.6) is 0 Å². The van der Waals surface area contributed by atoms with Gasteiger partial charge in [-0.3, -0.25) is 0 Å². The molecule has 0 aromatic carbocycles. The molecule has 14 fully saturated rings. The van der Waals surface area contributed by atoms with Crippen LogP contribution in [0, 0.1) is 47.3 Å². The van der Waals surface area contributed by atoms with E-state index in [1.54, 1.807) is 0 Å². The first-order valence-corrected chi connectivity index (χ1v) is 39.6. The molecule has 14 saturated heterocycles. The van der Waals surface area contributed by atoms with Crippen LogP contribution in [0.2, 0.25) is 0 Å². The zero-order valence-electron chi connectivity index (χ0n) is 63.9. The van der Waals surface area contributed by atoms with E-state index >= 15 is 0 Å². The minimum Gasteiger partial charge on any atom is -0.381 e. The van der Waals surface area contributed by atoms with Crippen LogP contribution in [0.1, 0.15) is 328 Å². The van der Waals surface area contributed by atoms with E-state index in [0.717, 1.165) is 193 Å². The first-order valence-electron chi connectivity index (χ1n) is 39.6. The lowest BCUT2D eigenvalue weighted by atomic mass is 9.98. The van der Waals surface area contributed by atoms with E-state index in [0.29, 0.717) is 36.6 Å². The van der Waals surface area contributed by atoms with Gasteiger partial charge in [-0.05, 0) is 223 Å². The predicted molar refractivity (Wildman–Crippen MR) is 427 cm³/mol. The van der Waals surface area contributed by atoms with E-state index in [2.05, 4.69) is 96.9 Å². The van der Waals surface area contributed by atoms with Crippen LogP contribution in [0.4, 0.5) is 0 Å². The highest BCUT2D eigenvalue weighted by molar-refractivity contribution is 4.67. The van der Waals surface area contributed by atoms with Crippen LogP contribution >= 0.6 is 0 Å². The molecule has 0 aliphatic carbocycles. The first-order chi connectivity index (χ1) is 45.3. The highest BCUT2D eigenvalue weighted by Crippen LogP contribution is 2.21. The van der Waals surface area contributed by atoms with Crippen molar-refractivity contribution in [2.45, 2.75) is 364 Å². The maximum Gasteiger partial charge on any atom is 0.0594 e. The summed E-state index contributed by atoms with van der Waals surface area (Å²) < 4.78 is 71.9. The van der Waals surface area contributed by atoms with Gasteiger partial charge in [-0.2, -0.15) is 0 Å². The average Bonchev–Trinajstić information content (AvgIpc) is 3.25. The monoisotopic (exact) mass is 1430 g/mol. The van der Waals surface area contributed by atoms with Gasteiger partial charge in [0, 0.05) is 131 Å². The zero-order chi connectivity index (χ0) is 68.0. The van der Waals surface area contributed by atoms with Gasteiger partial charge in [0.05, 0.1) is 63.1 Å². The lowest BCUT2D eigenvalue weighted by molar-refractivity contribution is -0.0516. The van der Waals surface area contributed by atoms with Crippen molar-refractivity contribution >= 4 is 0 Å². The van der Waals surface area contributed by atoms with E-state index in [9.17, 15) is 0 Å². The second-order valence-electron chi connectivity index (χ2n) is 28.7. The summed E-state index contributed by atoms with van der Waals surface area (Å²) in [6, 6.07) is 0. The fraction of sp³-hybridized carbons (Fsp3) is 1.00. The number of hydrogen-bond donors (Lipinski definition) is 0. The predicted octanol–water partition coefficient (Wildman–Crippen LogP) is 22.8. The molecule has 0 aromatic rings. The summed E-state index contributed by atoms with van der Waals surface area (Å²) in [6.45, 7) is 52.6. The van der Waals surface area contributed by atoms with Crippen LogP contribution < -0.4 is 0 Å². The van der Waals surface area contributed by atoms with Crippen molar-refractivity contribution in [3.63, 3.8) is 0 Å². The Hall–Kier alpha value is -0.560. The van der Waals surface area contributed by atoms with Crippen LogP contribution in [-0.2, 0) is 66.3 Å². The molecule has 0 aromatic heterocycles. The molecule has 0 radical (unpaired) electrons. The second-order valence-corrected chi connectivity index (χ2v) is 28.7. The summed E-state index contributed by atoms with van der Waals surface area (Å²) in [5.74, 6) is 6.99. The molecule has 0 bridgehead atoms. The topological polar surface area (TPSA) is 129 Å². The number of hydrogen-bond acceptors (Lipinski definition) is 14. The van der Waals surface area contributed by atoms with Crippen LogP contribution in [0.15, 0.2) is 0 Å². The van der Waals surface area contributed by atoms with E-state index in [1.165, 1.54) is 186 Å². The normalized spacial score (nSPS) is 28.4. The molecular formula is C85H182O14. The van der Waals surface area contributed by atoms with Gasteiger partial charge in [-0.25, -0.2) is 0 Å². The first kappa shape index (κ1) is 109. The second kappa shape index (κ2) is 80.0. The summed E-state index contributed by atoms with van der Waals surface area (Å²) in [7, 11) is 0. The van der Waals surface area contributed by atoms with Crippen molar-refractivity contribution in [1.29, 1.82) is 0 Å². The Bertz CT molecular complexity index is 1280. The zero-order valence-corrected chi connectivity index (χ0v) is 63.9. The average molecular weight is 1430 g/mol. The fourth-order valence-electron chi connectivity index (χ4n) is 11.1. The summed E-state index contributed by atoms with van der Waals surface area (Å²) in [5.41, 5.74) is 0. The third-order valence-corrected chi connectivity index (χ3v) is 19.4. The van der Waals surface area contributed by atoms with Gasteiger partial charge < -0.3 is 66.3 Å². The number of rotatable bonds is 7. The highest BCUT2D eigenvalue weighted by atomic mass is 16.5. The maximum atomic E-state index is 5.43. The molecule has 0 amide bonds. The van der Waals surface area contributed by atoms with Crippen molar-refractivity contribution in [1.82, 2.24) is 0 Å². The molecule has 14 heteroatoms. The lowest BCUT2D eigenvalue weighted by Crippen LogP contribution is -2.26. The molecule has 14 aliphatic rings. The Balaban J connectivity index is -0.000000235. The Labute approximate surface area is 620 Å². The van der Waals surface area contributed by atoms with Crippen LogP contribution in [0.25, 0.3) is 0 Å². The van der Waals surface area contributed by atoms with Gasteiger partial charge in [-0.15, -0.1) is 0 Å². The van der Waals surface area contributed by atoms with Crippen LogP contribution in [-0.4, -0.2) is 182 Å². The molecule has 14 heterocycles. The Morgan fingerprint density at radius 1 is 0.192 bits per heavy atom. The van der Waals surface area contributed by atoms with E-state index in [-0.39, 0.29) is 44.6 Å². The minimum atomic E-state index is 0. The number of ether oxygens (including phenoxy) is 14. The third kappa shape index (κ3) is 69.0. The van der Waals surface area contributed by atoms with Gasteiger partial charge in [0.15, 0.2) is 0 Å². The van der Waals surface area contributed by atoms with Crippen molar-refractivity contribution in [3.8, 4) is 0 Å². The smallest absolute Gasteiger partial charge is 0.0594 e. The molecule has 10 atom stereocenters. The molecule has 10 unspecified atom stereocenters. The van der Waals surface area contributed by atoms with Crippen molar-refractivity contribution in [2.75, 3.05) is 145 Å². The Morgan fingerprint density at radius 2 is 0.495 bits per heavy atom. The standard InChI is InChI=1S/3C7H14O.5C6H12O.4C5H10O.2C4H8O.6CH4/c1-2-7-3-5-8-6-4-7;1-2-7-4-3-5-8-6-7;1-2-7-5-3-4-6-8-7;1-6-2-4-7-5-3-6;1-6-3-2-4-7-5-6;1-6-4-2-3-5-7-6;1-2-6-3-4-7-5-6;1-2-6-4-3-5-7-6;1-5-2-3-6-4-5;1-5-3-2-4-6-5;1-2-5-3-6-4-5;1-2-5-3-4-6-5;1-4-2-5-3-4;1-4-2-3-5-4;;;;;;/h3*7H,2-6H2,1H3;5*6H,2-5H2,1H3;4*5H,2-4H2,1H3;2*4H,2-3H2,1H3;6*1H4.